The molecule has 1 aromatic rings. The van der Waals surface area contributed by atoms with Crippen LogP contribution in [0.5, 0.6) is 0 Å². The van der Waals surface area contributed by atoms with Crippen molar-refractivity contribution in [2.45, 2.75) is 19.8 Å². The topological polar surface area (TPSA) is 25.2 Å². The van der Waals surface area contributed by atoms with Gasteiger partial charge in [0.05, 0.1) is 0 Å². The van der Waals surface area contributed by atoms with E-state index in [1.807, 2.05) is 13.8 Å². The van der Waals surface area contributed by atoms with Gasteiger partial charge in [0, 0.05) is 19.0 Å². The van der Waals surface area contributed by atoms with Crippen LogP contribution in [0.1, 0.15) is 23.0 Å². The van der Waals surface area contributed by atoms with Gasteiger partial charge < -0.3 is 9.73 Å². The van der Waals surface area contributed by atoms with Crippen molar-refractivity contribution in [2.75, 3.05) is 13.1 Å². The van der Waals surface area contributed by atoms with Gasteiger partial charge in [0.15, 0.2) is 0 Å². The van der Waals surface area contributed by atoms with Crippen molar-refractivity contribution < 1.29 is 4.42 Å². The van der Waals surface area contributed by atoms with Crippen molar-refractivity contribution in [1.29, 1.82) is 0 Å². The molecule has 2 rings (SSSR count). The lowest BCUT2D eigenvalue weighted by molar-refractivity contribution is 0.434. The fourth-order valence-electron chi connectivity index (χ4n) is 1.56. The Bertz CT molecular complexity index is 261. The third kappa shape index (κ3) is 1.07. The fourth-order valence-corrected chi connectivity index (χ4v) is 1.56. The fraction of sp³-hybridized carbons (Fsp3) is 0.556. The zero-order valence-corrected chi connectivity index (χ0v) is 6.98. The van der Waals surface area contributed by atoms with Gasteiger partial charge in [-0.15, -0.1) is 0 Å². The van der Waals surface area contributed by atoms with Crippen LogP contribution < -0.4 is 5.32 Å². The maximum atomic E-state index is 5.44. The Balaban J connectivity index is 2.28. The second-order valence-electron chi connectivity index (χ2n) is 3.22. The predicted molar refractivity (Wildman–Crippen MR) is 43.8 cm³/mol. The van der Waals surface area contributed by atoms with E-state index in [1.54, 1.807) is 0 Å². The Labute approximate surface area is 66.6 Å². The van der Waals surface area contributed by atoms with Crippen LogP contribution in [0, 0.1) is 13.8 Å². The number of nitrogens with one attached hydrogen (secondary N) is 1. The van der Waals surface area contributed by atoms with Crippen LogP contribution in [0.3, 0.4) is 0 Å². The molecule has 1 N–H and O–H groups in total. The van der Waals surface area contributed by atoms with Crippen molar-refractivity contribution >= 4 is 0 Å². The molecule has 0 amide bonds. The van der Waals surface area contributed by atoms with Crippen LogP contribution in [0.4, 0.5) is 0 Å². The van der Waals surface area contributed by atoms with Gasteiger partial charge >= 0.3 is 0 Å². The lowest BCUT2D eigenvalue weighted by Crippen LogP contribution is -2.39. The van der Waals surface area contributed by atoms with E-state index in [1.165, 1.54) is 5.56 Å². The van der Waals surface area contributed by atoms with E-state index >= 15 is 0 Å². The Morgan fingerprint density at radius 1 is 1.45 bits per heavy atom. The molecular weight excluding hydrogens is 138 g/mol. The maximum absolute atomic E-state index is 5.44. The molecule has 1 fully saturated rings. The molecule has 0 aliphatic carbocycles. The third-order valence-corrected chi connectivity index (χ3v) is 2.30. The zero-order valence-electron chi connectivity index (χ0n) is 6.98. The van der Waals surface area contributed by atoms with Crippen molar-refractivity contribution in [3.63, 3.8) is 0 Å². The molecule has 1 aromatic heterocycles. The molecule has 0 saturated carbocycles. The predicted octanol–water partition coefficient (Wildman–Crippen LogP) is 1.58. The second-order valence-corrected chi connectivity index (χ2v) is 3.22. The van der Waals surface area contributed by atoms with Gasteiger partial charge in [0.2, 0.25) is 0 Å². The van der Waals surface area contributed by atoms with Gasteiger partial charge in [-0.1, -0.05) is 0 Å². The van der Waals surface area contributed by atoms with Crippen molar-refractivity contribution in [1.82, 2.24) is 5.32 Å². The average molecular weight is 151 g/mol. The minimum Gasteiger partial charge on any atom is -0.466 e. The van der Waals surface area contributed by atoms with E-state index in [9.17, 15) is 0 Å². The molecule has 1 saturated heterocycles. The molecular formula is C9H13NO. The van der Waals surface area contributed by atoms with E-state index in [4.69, 9.17) is 4.42 Å². The van der Waals surface area contributed by atoms with E-state index < -0.39 is 0 Å². The van der Waals surface area contributed by atoms with Crippen LogP contribution in [-0.2, 0) is 0 Å². The summed E-state index contributed by atoms with van der Waals surface area (Å²) in [7, 11) is 0. The van der Waals surface area contributed by atoms with E-state index in [0.29, 0.717) is 5.92 Å². The number of hydrogen-bond donors (Lipinski definition) is 1. The summed E-state index contributed by atoms with van der Waals surface area (Å²) in [6.07, 6.45) is 0. The lowest BCUT2D eigenvalue weighted by Gasteiger charge is -2.26. The second kappa shape index (κ2) is 2.38. The quantitative estimate of drug-likeness (QED) is 0.659. The van der Waals surface area contributed by atoms with Crippen LogP contribution in [0.15, 0.2) is 10.5 Å². The van der Waals surface area contributed by atoms with Gasteiger partial charge in [-0.3, -0.25) is 0 Å². The molecule has 11 heavy (non-hydrogen) atoms. The molecule has 1 aliphatic rings. The number of hydrogen-bond acceptors (Lipinski definition) is 2. The Hall–Kier alpha value is -0.760. The molecule has 60 valence electrons. The first-order valence-corrected chi connectivity index (χ1v) is 4.05. The summed E-state index contributed by atoms with van der Waals surface area (Å²) in [5, 5.41) is 3.25. The Kier molecular flexibility index (Phi) is 1.50. The monoisotopic (exact) mass is 151 g/mol. The van der Waals surface area contributed by atoms with Crippen LogP contribution in [0.25, 0.3) is 0 Å². The van der Waals surface area contributed by atoms with Gasteiger partial charge in [0.25, 0.3) is 0 Å². The third-order valence-electron chi connectivity index (χ3n) is 2.30. The molecule has 0 radical (unpaired) electrons. The molecule has 0 aromatic carbocycles. The van der Waals surface area contributed by atoms with Crippen LogP contribution >= 0.6 is 0 Å². The van der Waals surface area contributed by atoms with E-state index in [2.05, 4.69) is 11.4 Å². The van der Waals surface area contributed by atoms with Crippen LogP contribution in [-0.4, -0.2) is 13.1 Å². The minimum atomic E-state index is 0.701. The summed E-state index contributed by atoms with van der Waals surface area (Å²) in [5.41, 5.74) is 1.39. The normalized spacial score (nSPS) is 18.4. The minimum absolute atomic E-state index is 0.701. The molecule has 2 nitrogen and oxygen atoms in total. The highest BCUT2D eigenvalue weighted by molar-refractivity contribution is 5.27. The molecule has 0 atom stereocenters. The molecule has 0 unspecified atom stereocenters. The highest BCUT2D eigenvalue weighted by atomic mass is 16.3. The highest BCUT2D eigenvalue weighted by Gasteiger charge is 2.22. The number of furan rings is 1. The summed E-state index contributed by atoms with van der Waals surface area (Å²) in [6.45, 7) is 6.27. The summed E-state index contributed by atoms with van der Waals surface area (Å²) in [6, 6.07) is 2.15. The first-order valence-electron chi connectivity index (χ1n) is 4.05. The molecule has 1 aliphatic heterocycles. The Morgan fingerprint density at radius 2 is 2.18 bits per heavy atom. The first kappa shape index (κ1) is 6.92. The van der Waals surface area contributed by atoms with Gasteiger partial charge in [-0.2, -0.15) is 0 Å². The molecule has 0 bridgehead atoms. The van der Waals surface area contributed by atoms with Crippen LogP contribution in [0.2, 0.25) is 0 Å². The van der Waals surface area contributed by atoms with E-state index in [0.717, 1.165) is 24.6 Å². The van der Waals surface area contributed by atoms with Crippen molar-refractivity contribution in [3.05, 3.63) is 23.2 Å². The van der Waals surface area contributed by atoms with Gasteiger partial charge in [-0.05, 0) is 25.5 Å². The molecule has 2 heterocycles. The number of aryl methyl sites for hydroxylation is 2. The van der Waals surface area contributed by atoms with Gasteiger partial charge in [0.1, 0.15) is 11.5 Å². The van der Waals surface area contributed by atoms with Crippen molar-refractivity contribution in [2.24, 2.45) is 0 Å². The summed E-state index contributed by atoms with van der Waals surface area (Å²) < 4.78 is 5.44. The smallest absolute Gasteiger partial charge is 0.104 e. The molecule has 2 heteroatoms. The summed E-state index contributed by atoms with van der Waals surface area (Å²) in [4.78, 5) is 0. The van der Waals surface area contributed by atoms with Crippen molar-refractivity contribution in [3.8, 4) is 0 Å². The summed E-state index contributed by atoms with van der Waals surface area (Å²) in [5.74, 6) is 2.82. The largest absolute Gasteiger partial charge is 0.466 e. The average Bonchev–Trinajstić information content (AvgIpc) is 2.07. The van der Waals surface area contributed by atoms with E-state index in [-0.39, 0.29) is 0 Å². The number of rotatable bonds is 1. The highest BCUT2D eigenvalue weighted by Crippen LogP contribution is 2.25. The maximum Gasteiger partial charge on any atom is 0.104 e. The zero-order chi connectivity index (χ0) is 7.84. The van der Waals surface area contributed by atoms with Gasteiger partial charge in [-0.25, -0.2) is 0 Å². The first-order chi connectivity index (χ1) is 5.27. The lowest BCUT2D eigenvalue weighted by atomic mass is 9.94. The standard InChI is InChI=1S/C9H13NO/c1-6-3-9(7(2)11-6)8-4-10-5-8/h3,8,10H,4-5H2,1-2H3. The Morgan fingerprint density at radius 3 is 2.55 bits per heavy atom. The SMILES string of the molecule is Cc1cc(C2CNC2)c(C)o1. The molecule has 0 spiro atoms. The summed E-state index contributed by atoms with van der Waals surface area (Å²) >= 11 is 0.